The van der Waals surface area contributed by atoms with Gasteiger partial charge in [-0.05, 0) is 6.42 Å². The number of amides is 1. The predicted octanol–water partition coefficient (Wildman–Crippen LogP) is 2.33. The summed E-state index contributed by atoms with van der Waals surface area (Å²) >= 11 is 1.33. The van der Waals surface area contributed by atoms with Crippen LogP contribution in [0.4, 0.5) is 17.2 Å². The van der Waals surface area contributed by atoms with E-state index in [0.29, 0.717) is 34.4 Å². The molecule has 0 saturated carbocycles. The smallest absolute Gasteiger partial charge is 0.247 e. The number of nitrogens with one attached hydrogen (secondary N) is 4. The van der Waals surface area contributed by atoms with Crippen LogP contribution in [0.3, 0.4) is 0 Å². The van der Waals surface area contributed by atoms with Gasteiger partial charge in [0.1, 0.15) is 22.6 Å². The number of carbonyl (C=O) groups is 1. The van der Waals surface area contributed by atoms with E-state index in [2.05, 4.69) is 30.5 Å². The van der Waals surface area contributed by atoms with Gasteiger partial charge in [-0.25, -0.2) is 15.0 Å². The molecular weight excluding hydrogens is 378 g/mol. The number of fused-ring (bicyclic) bond motifs is 1. The number of nitrogens with zero attached hydrogens (tertiary/aromatic N) is 5. The summed E-state index contributed by atoms with van der Waals surface area (Å²) in [7, 11) is 0. The molecule has 4 N–H and O–H groups in total. The number of hydrogen-bond acceptors (Lipinski definition) is 9. The molecule has 0 aromatic carbocycles. The summed E-state index contributed by atoms with van der Waals surface area (Å²) < 4.78 is 0. The third-order valence-electron chi connectivity index (χ3n) is 4.45. The van der Waals surface area contributed by atoms with E-state index in [-0.39, 0.29) is 11.6 Å². The quantitative estimate of drug-likeness (QED) is 0.471. The van der Waals surface area contributed by atoms with Crippen LogP contribution in [0.15, 0.2) is 30.2 Å². The lowest BCUT2D eigenvalue weighted by Gasteiger charge is -2.35. The fraction of sp³-hybridized carbons (Fsp3) is 0.235. The molecule has 142 valence electrons. The molecule has 3 aromatic heterocycles. The molecule has 11 heteroatoms. The maximum absolute atomic E-state index is 12.5. The Bertz CT molecular complexity index is 1020. The van der Waals surface area contributed by atoms with Gasteiger partial charge in [0, 0.05) is 24.0 Å². The number of anilines is 3. The molecule has 0 fully saturated rings. The van der Waals surface area contributed by atoms with E-state index in [1.54, 1.807) is 28.9 Å². The normalized spacial score (nSPS) is 17.0. The number of aromatic nitrogens is 5. The first-order chi connectivity index (χ1) is 13.6. The zero-order valence-corrected chi connectivity index (χ0v) is 15.7. The van der Waals surface area contributed by atoms with Crippen LogP contribution in [0.1, 0.15) is 30.1 Å². The van der Waals surface area contributed by atoms with Crippen molar-refractivity contribution >= 4 is 46.4 Å². The van der Waals surface area contributed by atoms with Gasteiger partial charge in [0.2, 0.25) is 5.91 Å². The fourth-order valence-electron chi connectivity index (χ4n) is 3.11. The third kappa shape index (κ3) is 2.95. The van der Waals surface area contributed by atoms with Gasteiger partial charge in [-0.2, -0.15) is 5.10 Å². The van der Waals surface area contributed by atoms with Gasteiger partial charge in [0.05, 0.1) is 29.7 Å². The Hall–Kier alpha value is -3.47. The van der Waals surface area contributed by atoms with Crippen molar-refractivity contribution in [2.45, 2.75) is 25.3 Å². The summed E-state index contributed by atoms with van der Waals surface area (Å²) in [5.74, 6) is -0.0721. The fourth-order valence-corrected chi connectivity index (χ4v) is 3.74. The molecule has 1 aliphatic heterocycles. The monoisotopic (exact) mass is 395 g/mol. The maximum atomic E-state index is 12.5. The van der Waals surface area contributed by atoms with Crippen molar-refractivity contribution in [3.63, 3.8) is 0 Å². The molecule has 2 unspecified atom stereocenters. The van der Waals surface area contributed by atoms with Crippen molar-refractivity contribution in [2.75, 3.05) is 10.2 Å². The Kier molecular flexibility index (Phi) is 4.65. The molecule has 1 amide bonds. The van der Waals surface area contributed by atoms with E-state index >= 15 is 0 Å². The average molecular weight is 395 g/mol. The minimum absolute atomic E-state index is 0.147. The van der Waals surface area contributed by atoms with E-state index in [9.17, 15) is 4.79 Å². The predicted molar refractivity (Wildman–Crippen MR) is 106 cm³/mol. The van der Waals surface area contributed by atoms with Gasteiger partial charge in [0.25, 0.3) is 0 Å². The highest BCUT2D eigenvalue weighted by Crippen LogP contribution is 2.37. The van der Waals surface area contributed by atoms with E-state index < -0.39 is 12.0 Å². The van der Waals surface area contributed by atoms with Crippen molar-refractivity contribution in [1.29, 1.82) is 10.8 Å². The number of thiazole rings is 1. The molecule has 4 rings (SSSR count). The van der Waals surface area contributed by atoms with E-state index in [0.717, 1.165) is 6.21 Å². The lowest BCUT2D eigenvalue weighted by Crippen LogP contribution is -2.45. The van der Waals surface area contributed by atoms with Gasteiger partial charge < -0.3 is 21.0 Å². The molecule has 0 spiro atoms. The highest BCUT2D eigenvalue weighted by Gasteiger charge is 2.35. The van der Waals surface area contributed by atoms with Gasteiger partial charge in [0.15, 0.2) is 5.82 Å². The van der Waals surface area contributed by atoms with Crippen molar-refractivity contribution in [3.05, 3.63) is 41.0 Å². The minimum Gasteiger partial charge on any atom is -0.320 e. The Morgan fingerprint density at radius 1 is 1.43 bits per heavy atom. The molecule has 1 aliphatic rings. The summed E-state index contributed by atoms with van der Waals surface area (Å²) in [5, 5.41) is 28.1. The molecule has 0 radical (unpaired) electrons. The Balaban J connectivity index is 1.80. The van der Waals surface area contributed by atoms with Crippen LogP contribution >= 0.6 is 11.3 Å². The summed E-state index contributed by atoms with van der Waals surface area (Å²) in [4.78, 5) is 27.4. The van der Waals surface area contributed by atoms with Gasteiger partial charge in [-0.1, -0.05) is 6.92 Å². The first kappa shape index (κ1) is 17.9. The van der Waals surface area contributed by atoms with Crippen LogP contribution in [-0.2, 0) is 4.79 Å². The zero-order chi connectivity index (χ0) is 19.7. The van der Waals surface area contributed by atoms with E-state index in [4.69, 9.17) is 10.8 Å². The largest absolute Gasteiger partial charge is 0.320 e. The first-order valence-electron chi connectivity index (χ1n) is 8.58. The van der Waals surface area contributed by atoms with Gasteiger partial charge >= 0.3 is 0 Å². The van der Waals surface area contributed by atoms with Crippen LogP contribution in [0.2, 0.25) is 0 Å². The standard InChI is InChI=1S/C17H17N9OS/c1-2-12-16(27)24-11-8-21-14(10(5-18)13(19)17-20-3-4-28-17)25-15(11)26(12)9-6-22-23-7-9/h3-8,10,12,18-19H,2H2,1H3,(H,22,23)(H,24,27). The van der Waals surface area contributed by atoms with Crippen molar-refractivity contribution < 1.29 is 4.79 Å². The Labute approximate surface area is 164 Å². The van der Waals surface area contributed by atoms with Crippen LogP contribution in [-0.4, -0.2) is 49.0 Å². The maximum Gasteiger partial charge on any atom is 0.247 e. The van der Waals surface area contributed by atoms with Crippen LogP contribution in [0.5, 0.6) is 0 Å². The van der Waals surface area contributed by atoms with Gasteiger partial charge in [-0.3, -0.25) is 9.89 Å². The highest BCUT2D eigenvalue weighted by molar-refractivity contribution is 7.11. The highest BCUT2D eigenvalue weighted by atomic mass is 32.1. The number of aromatic amines is 1. The van der Waals surface area contributed by atoms with Crippen LogP contribution < -0.4 is 10.2 Å². The second-order valence-corrected chi connectivity index (χ2v) is 7.00. The lowest BCUT2D eigenvalue weighted by molar-refractivity contribution is -0.117. The van der Waals surface area contributed by atoms with Gasteiger partial charge in [-0.15, -0.1) is 11.3 Å². The van der Waals surface area contributed by atoms with Crippen LogP contribution in [0, 0.1) is 10.8 Å². The molecular formula is C17H17N9OS. The number of hydrogen-bond donors (Lipinski definition) is 4. The van der Waals surface area contributed by atoms with Crippen molar-refractivity contribution in [3.8, 4) is 0 Å². The second-order valence-electron chi connectivity index (χ2n) is 6.10. The summed E-state index contributed by atoms with van der Waals surface area (Å²) in [5.41, 5.74) is 1.34. The summed E-state index contributed by atoms with van der Waals surface area (Å²) in [6.07, 6.45) is 8.15. The molecule has 0 saturated heterocycles. The van der Waals surface area contributed by atoms with Crippen LogP contribution in [0.25, 0.3) is 0 Å². The molecule has 10 nitrogen and oxygen atoms in total. The van der Waals surface area contributed by atoms with E-state index in [1.807, 2.05) is 6.92 Å². The first-order valence-corrected chi connectivity index (χ1v) is 9.46. The zero-order valence-electron chi connectivity index (χ0n) is 14.9. The molecule has 3 aromatic rings. The van der Waals surface area contributed by atoms with Crippen molar-refractivity contribution in [1.82, 2.24) is 25.1 Å². The lowest BCUT2D eigenvalue weighted by atomic mass is 10.0. The molecule has 4 heterocycles. The molecule has 2 atom stereocenters. The second kappa shape index (κ2) is 7.27. The molecule has 28 heavy (non-hydrogen) atoms. The SMILES string of the molecule is CCC1C(=O)Nc2cnc(C(C=N)C(=N)c3nccs3)nc2N1c1cn[nH]c1. The number of rotatable bonds is 6. The third-order valence-corrected chi connectivity index (χ3v) is 5.26. The summed E-state index contributed by atoms with van der Waals surface area (Å²) in [6, 6.07) is -0.454. The molecule has 0 aliphatic carbocycles. The number of carbonyl (C=O) groups excluding carboxylic acids is 1. The summed E-state index contributed by atoms with van der Waals surface area (Å²) in [6.45, 7) is 1.92. The minimum atomic E-state index is -0.736. The molecule has 0 bridgehead atoms. The Morgan fingerprint density at radius 2 is 2.29 bits per heavy atom. The van der Waals surface area contributed by atoms with E-state index in [1.165, 1.54) is 17.5 Å². The number of H-pyrrole nitrogens is 1. The topological polar surface area (TPSA) is 147 Å². The van der Waals surface area contributed by atoms with Crippen molar-refractivity contribution in [2.24, 2.45) is 0 Å². The average Bonchev–Trinajstić information content (AvgIpc) is 3.41. The Morgan fingerprint density at radius 3 is 2.93 bits per heavy atom.